The molecule has 180 valence electrons. The van der Waals surface area contributed by atoms with E-state index in [0.717, 1.165) is 17.8 Å². The number of hydrogen-bond acceptors (Lipinski definition) is 5. The van der Waals surface area contributed by atoms with Gasteiger partial charge in [0.05, 0.1) is 21.2 Å². The van der Waals surface area contributed by atoms with Crippen molar-refractivity contribution >= 4 is 34.9 Å². The monoisotopic (exact) mass is 519 g/mol. The van der Waals surface area contributed by atoms with Crippen LogP contribution in [0.15, 0.2) is 54.9 Å². The maximum Gasteiger partial charge on any atom is 0.417 e. The highest BCUT2D eigenvalue weighted by molar-refractivity contribution is 6.42. The second-order valence-electron chi connectivity index (χ2n) is 8.10. The van der Waals surface area contributed by atoms with Gasteiger partial charge in [0.25, 0.3) is 5.91 Å². The molecular formula is C24H18Cl2F3N5O. The Labute approximate surface area is 209 Å². The second kappa shape index (κ2) is 10.1. The largest absolute Gasteiger partial charge is 0.417 e. The number of hydrogen-bond donors (Lipinski definition) is 1. The van der Waals surface area contributed by atoms with E-state index < -0.39 is 11.7 Å². The standard InChI is InChI=1S/C24H18Cl2F3N5O/c25-20-5-2-14(7-21(20)26)19-13-34(23(35)15-1-4-18(8-30)31-9-15)12-16(19)10-32-22-6-3-17(11-33-22)24(27,28)29/h1-7,9,11,16,19H,10,12-13H2,(H,32,33). The molecular weight excluding hydrogens is 502 g/mol. The highest BCUT2D eigenvalue weighted by Gasteiger charge is 2.37. The summed E-state index contributed by atoms with van der Waals surface area (Å²) in [4.78, 5) is 22.6. The van der Waals surface area contributed by atoms with Crippen LogP contribution in [-0.2, 0) is 6.18 Å². The Morgan fingerprint density at radius 1 is 1.09 bits per heavy atom. The molecule has 0 aliphatic carbocycles. The fourth-order valence-electron chi connectivity index (χ4n) is 4.04. The van der Waals surface area contributed by atoms with Crippen molar-refractivity contribution in [2.75, 3.05) is 25.0 Å². The van der Waals surface area contributed by atoms with Gasteiger partial charge >= 0.3 is 6.18 Å². The predicted molar refractivity (Wildman–Crippen MR) is 125 cm³/mol. The number of anilines is 1. The van der Waals surface area contributed by atoms with Crippen LogP contribution in [0, 0.1) is 17.2 Å². The number of alkyl halides is 3. The fourth-order valence-corrected chi connectivity index (χ4v) is 4.34. The van der Waals surface area contributed by atoms with Crippen LogP contribution in [0.25, 0.3) is 0 Å². The van der Waals surface area contributed by atoms with E-state index in [1.54, 1.807) is 23.1 Å². The Kier molecular flexibility index (Phi) is 7.15. The van der Waals surface area contributed by atoms with Gasteiger partial charge in [0.1, 0.15) is 17.6 Å². The van der Waals surface area contributed by atoms with Crippen molar-refractivity contribution < 1.29 is 18.0 Å². The lowest BCUT2D eigenvalue weighted by molar-refractivity contribution is -0.137. The van der Waals surface area contributed by atoms with Gasteiger partial charge in [0.2, 0.25) is 0 Å². The third-order valence-electron chi connectivity index (χ3n) is 5.86. The van der Waals surface area contributed by atoms with E-state index in [0.29, 0.717) is 41.1 Å². The molecule has 3 aromatic rings. The molecule has 1 fully saturated rings. The number of aromatic nitrogens is 2. The number of amides is 1. The SMILES string of the molecule is N#Cc1ccc(C(=O)N2CC(CNc3ccc(C(F)(F)F)cn3)C(c3ccc(Cl)c(Cl)c3)C2)cn1. The van der Waals surface area contributed by atoms with E-state index in [9.17, 15) is 18.0 Å². The highest BCUT2D eigenvalue weighted by atomic mass is 35.5. The average molecular weight is 520 g/mol. The van der Waals surface area contributed by atoms with Crippen molar-refractivity contribution in [1.29, 1.82) is 5.26 Å². The second-order valence-corrected chi connectivity index (χ2v) is 8.92. The summed E-state index contributed by atoms with van der Waals surface area (Å²) < 4.78 is 38.4. The molecule has 0 radical (unpaired) electrons. The van der Waals surface area contributed by atoms with Gasteiger partial charge < -0.3 is 10.2 Å². The van der Waals surface area contributed by atoms with Crippen LogP contribution in [0.3, 0.4) is 0 Å². The Morgan fingerprint density at radius 2 is 1.89 bits per heavy atom. The Balaban J connectivity index is 1.54. The Hall–Kier alpha value is -3.35. The van der Waals surface area contributed by atoms with Crippen LogP contribution in [0.1, 0.15) is 33.1 Å². The minimum Gasteiger partial charge on any atom is -0.370 e. The molecule has 35 heavy (non-hydrogen) atoms. The first-order chi connectivity index (χ1) is 16.7. The number of carbonyl (C=O) groups is 1. The number of nitrogens with one attached hydrogen (secondary N) is 1. The van der Waals surface area contributed by atoms with Crippen LogP contribution < -0.4 is 5.32 Å². The lowest BCUT2D eigenvalue weighted by atomic mass is 9.89. The van der Waals surface area contributed by atoms with E-state index in [2.05, 4.69) is 15.3 Å². The topological polar surface area (TPSA) is 81.9 Å². The van der Waals surface area contributed by atoms with Gasteiger partial charge in [0, 0.05) is 43.9 Å². The normalized spacial score (nSPS) is 17.8. The van der Waals surface area contributed by atoms with E-state index in [1.165, 1.54) is 18.3 Å². The van der Waals surface area contributed by atoms with Crippen LogP contribution in [0.4, 0.5) is 19.0 Å². The number of nitriles is 1. The zero-order chi connectivity index (χ0) is 25.2. The van der Waals surface area contributed by atoms with Crippen molar-refractivity contribution in [3.8, 4) is 6.07 Å². The van der Waals surface area contributed by atoms with Crippen LogP contribution >= 0.6 is 23.2 Å². The van der Waals surface area contributed by atoms with E-state index >= 15 is 0 Å². The number of rotatable bonds is 5. The highest BCUT2D eigenvalue weighted by Crippen LogP contribution is 2.36. The fraction of sp³-hybridized carbons (Fsp3) is 0.250. The Morgan fingerprint density at radius 3 is 2.49 bits per heavy atom. The van der Waals surface area contributed by atoms with Crippen LogP contribution in [0.5, 0.6) is 0 Å². The molecule has 3 heterocycles. The molecule has 6 nitrogen and oxygen atoms in total. The summed E-state index contributed by atoms with van der Waals surface area (Å²) in [5.74, 6) is -0.136. The molecule has 1 saturated heterocycles. The number of likely N-dealkylation sites (tertiary alicyclic amines) is 1. The smallest absolute Gasteiger partial charge is 0.370 e. The lowest BCUT2D eigenvalue weighted by Crippen LogP contribution is -2.29. The molecule has 1 N–H and O–H groups in total. The van der Waals surface area contributed by atoms with Crippen molar-refractivity contribution in [2.45, 2.75) is 12.1 Å². The van der Waals surface area contributed by atoms with Crippen molar-refractivity contribution in [1.82, 2.24) is 14.9 Å². The van der Waals surface area contributed by atoms with Gasteiger partial charge in [0.15, 0.2) is 0 Å². The maximum atomic E-state index is 13.1. The van der Waals surface area contributed by atoms with Crippen molar-refractivity contribution in [2.24, 2.45) is 5.92 Å². The molecule has 2 aromatic heterocycles. The van der Waals surface area contributed by atoms with Crippen molar-refractivity contribution in [3.63, 3.8) is 0 Å². The number of carbonyl (C=O) groups excluding carboxylic acids is 1. The summed E-state index contributed by atoms with van der Waals surface area (Å²) in [5.41, 5.74) is 0.628. The number of pyridine rings is 2. The molecule has 1 amide bonds. The molecule has 4 rings (SSSR count). The first-order valence-corrected chi connectivity index (χ1v) is 11.3. The van der Waals surface area contributed by atoms with Crippen molar-refractivity contribution in [3.05, 3.63) is 87.3 Å². The summed E-state index contributed by atoms with van der Waals surface area (Å²) in [6.45, 7) is 1.14. The number of nitrogens with zero attached hydrogens (tertiary/aromatic N) is 4. The summed E-state index contributed by atoms with van der Waals surface area (Å²) in [6.07, 6.45) is -2.31. The van der Waals surface area contributed by atoms with Gasteiger partial charge in [-0.3, -0.25) is 4.79 Å². The van der Waals surface area contributed by atoms with E-state index in [4.69, 9.17) is 28.5 Å². The van der Waals surface area contributed by atoms with Gasteiger partial charge in [-0.2, -0.15) is 18.4 Å². The van der Waals surface area contributed by atoms with Gasteiger partial charge in [-0.25, -0.2) is 9.97 Å². The van der Waals surface area contributed by atoms with Gasteiger partial charge in [-0.15, -0.1) is 0 Å². The van der Waals surface area contributed by atoms with Crippen LogP contribution in [0.2, 0.25) is 10.0 Å². The Bertz CT molecular complexity index is 1260. The first kappa shape index (κ1) is 24.8. The molecule has 1 aromatic carbocycles. The molecule has 0 saturated carbocycles. The lowest BCUT2D eigenvalue weighted by Gasteiger charge is -2.20. The molecule has 0 bridgehead atoms. The molecule has 2 atom stereocenters. The first-order valence-electron chi connectivity index (χ1n) is 10.5. The molecule has 11 heteroatoms. The zero-order valence-corrected chi connectivity index (χ0v) is 19.6. The average Bonchev–Trinajstić information content (AvgIpc) is 3.28. The predicted octanol–water partition coefficient (Wildman–Crippen LogP) is 5.64. The summed E-state index contributed by atoms with van der Waals surface area (Å²) in [5, 5.41) is 12.8. The quantitative estimate of drug-likeness (QED) is 0.471. The number of benzene rings is 1. The summed E-state index contributed by atoms with van der Waals surface area (Å²) in [7, 11) is 0. The molecule has 1 aliphatic rings. The molecule has 0 spiro atoms. The third kappa shape index (κ3) is 5.66. The molecule has 1 aliphatic heterocycles. The van der Waals surface area contributed by atoms with Gasteiger partial charge in [-0.05, 0) is 42.0 Å². The maximum absolute atomic E-state index is 13.1. The number of halogens is 5. The molecule has 2 unspecified atom stereocenters. The summed E-state index contributed by atoms with van der Waals surface area (Å²) in [6, 6.07) is 12.5. The zero-order valence-electron chi connectivity index (χ0n) is 18.1. The van der Waals surface area contributed by atoms with E-state index in [1.807, 2.05) is 12.1 Å². The third-order valence-corrected chi connectivity index (χ3v) is 6.60. The van der Waals surface area contributed by atoms with E-state index in [-0.39, 0.29) is 23.4 Å². The van der Waals surface area contributed by atoms with Crippen LogP contribution in [-0.4, -0.2) is 40.4 Å². The minimum absolute atomic E-state index is 0.0911. The van der Waals surface area contributed by atoms with Gasteiger partial charge in [-0.1, -0.05) is 29.3 Å². The summed E-state index contributed by atoms with van der Waals surface area (Å²) >= 11 is 12.3. The minimum atomic E-state index is -4.46.